The smallest absolute Gasteiger partial charge is 0.253 e. The zero-order valence-corrected chi connectivity index (χ0v) is 13.8. The number of hydrogen-bond acceptors (Lipinski definition) is 1. The second kappa shape index (κ2) is 6.07. The average Bonchev–Trinajstić information content (AvgIpc) is 2.49. The van der Waals surface area contributed by atoms with Crippen molar-refractivity contribution in [3.63, 3.8) is 0 Å². The van der Waals surface area contributed by atoms with Gasteiger partial charge in [0.05, 0.1) is 5.02 Å². The van der Waals surface area contributed by atoms with Crippen LogP contribution < -0.4 is 0 Å². The first kappa shape index (κ1) is 14.4. The van der Waals surface area contributed by atoms with Gasteiger partial charge in [0.1, 0.15) is 0 Å². The van der Waals surface area contributed by atoms with Gasteiger partial charge < -0.3 is 4.90 Å². The Hall–Kier alpha value is -0.540. The summed E-state index contributed by atoms with van der Waals surface area (Å²) in [5, 5.41) is 0.646. The number of carbonyl (C=O) groups is 1. The van der Waals surface area contributed by atoms with E-state index in [1.165, 1.54) is 32.1 Å². The van der Waals surface area contributed by atoms with Gasteiger partial charge in [-0.2, -0.15) is 0 Å². The molecule has 1 saturated heterocycles. The second-order valence-corrected chi connectivity index (χ2v) is 7.23. The quantitative estimate of drug-likeness (QED) is 0.710. The number of hydrogen-bond donors (Lipinski definition) is 0. The Morgan fingerprint density at radius 2 is 1.95 bits per heavy atom. The van der Waals surface area contributed by atoms with Gasteiger partial charge in [-0.15, -0.1) is 0 Å². The summed E-state index contributed by atoms with van der Waals surface area (Å²) in [7, 11) is 0. The molecule has 2 atom stereocenters. The monoisotopic (exact) mass is 355 g/mol. The summed E-state index contributed by atoms with van der Waals surface area (Å²) in [6.07, 6.45) is 6.53. The van der Waals surface area contributed by atoms with E-state index in [1.54, 1.807) is 6.07 Å². The minimum atomic E-state index is 0.145. The normalized spacial score (nSPS) is 26.2. The van der Waals surface area contributed by atoms with Crippen molar-refractivity contribution in [1.29, 1.82) is 0 Å². The molecule has 20 heavy (non-hydrogen) atoms. The van der Waals surface area contributed by atoms with Gasteiger partial charge in [0.25, 0.3) is 5.91 Å². The van der Waals surface area contributed by atoms with Gasteiger partial charge in [-0.3, -0.25) is 4.79 Å². The molecule has 0 radical (unpaired) electrons. The largest absolute Gasteiger partial charge is 0.338 e. The third-order valence-electron chi connectivity index (χ3n) is 4.74. The van der Waals surface area contributed by atoms with Crippen LogP contribution in [0.15, 0.2) is 22.7 Å². The molecule has 2 unspecified atom stereocenters. The topological polar surface area (TPSA) is 20.3 Å². The maximum absolute atomic E-state index is 12.6. The van der Waals surface area contributed by atoms with E-state index in [0.29, 0.717) is 5.02 Å². The number of halogens is 2. The first-order valence-corrected chi connectivity index (χ1v) is 8.56. The average molecular weight is 357 g/mol. The Bertz CT molecular complexity index is 519. The molecule has 0 spiro atoms. The SMILES string of the molecule is O=C(c1ccc(Cl)c(Br)c1)N1CCC2CCCCC2C1. The number of nitrogens with zero attached hydrogens (tertiary/aromatic N) is 1. The van der Waals surface area contributed by atoms with E-state index in [4.69, 9.17) is 11.6 Å². The summed E-state index contributed by atoms with van der Waals surface area (Å²) in [5.41, 5.74) is 0.732. The number of fused-ring (bicyclic) bond motifs is 1. The van der Waals surface area contributed by atoms with Gasteiger partial charge in [-0.1, -0.05) is 30.9 Å². The lowest BCUT2D eigenvalue weighted by molar-refractivity contribution is 0.0521. The first-order valence-electron chi connectivity index (χ1n) is 7.39. The van der Waals surface area contributed by atoms with Crippen molar-refractivity contribution in [1.82, 2.24) is 4.90 Å². The Morgan fingerprint density at radius 3 is 2.70 bits per heavy atom. The highest BCUT2D eigenvalue weighted by Gasteiger charge is 2.33. The predicted octanol–water partition coefficient (Wildman–Crippen LogP) is 4.75. The van der Waals surface area contributed by atoms with Crippen molar-refractivity contribution in [3.8, 4) is 0 Å². The third kappa shape index (κ3) is 2.89. The minimum absolute atomic E-state index is 0.145. The van der Waals surface area contributed by atoms with Gasteiger partial charge >= 0.3 is 0 Å². The van der Waals surface area contributed by atoms with Crippen LogP contribution >= 0.6 is 27.5 Å². The summed E-state index contributed by atoms with van der Waals surface area (Å²) in [6, 6.07) is 5.44. The van der Waals surface area contributed by atoms with Gasteiger partial charge in [0, 0.05) is 23.1 Å². The van der Waals surface area contributed by atoms with E-state index in [0.717, 1.165) is 35.0 Å². The molecule has 1 saturated carbocycles. The third-order valence-corrected chi connectivity index (χ3v) is 5.96. The Balaban J connectivity index is 1.72. The molecule has 1 aromatic carbocycles. The summed E-state index contributed by atoms with van der Waals surface area (Å²) in [6.45, 7) is 1.84. The van der Waals surface area contributed by atoms with E-state index >= 15 is 0 Å². The van der Waals surface area contributed by atoms with Crippen molar-refractivity contribution < 1.29 is 4.79 Å². The molecule has 3 rings (SSSR count). The van der Waals surface area contributed by atoms with Gasteiger partial charge in [0.2, 0.25) is 0 Å². The molecule has 0 bridgehead atoms. The maximum Gasteiger partial charge on any atom is 0.253 e. The highest BCUT2D eigenvalue weighted by Crippen LogP contribution is 2.36. The summed E-state index contributed by atoms with van der Waals surface area (Å²) in [4.78, 5) is 14.6. The number of amides is 1. The molecule has 1 aliphatic heterocycles. The molecule has 1 amide bonds. The number of likely N-dealkylation sites (tertiary alicyclic amines) is 1. The molecule has 4 heteroatoms. The molecule has 0 N–H and O–H groups in total. The van der Waals surface area contributed by atoms with E-state index in [-0.39, 0.29) is 5.91 Å². The van der Waals surface area contributed by atoms with Crippen LogP contribution in [0.4, 0.5) is 0 Å². The molecule has 2 fully saturated rings. The van der Waals surface area contributed by atoms with Crippen LogP contribution in [0, 0.1) is 11.8 Å². The number of rotatable bonds is 1. The van der Waals surface area contributed by atoms with Gasteiger partial charge in [-0.25, -0.2) is 0 Å². The number of carbonyl (C=O) groups excluding carboxylic acids is 1. The molecular weight excluding hydrogens is 338 g/mol. The molecule has 2 nitrogen and oxygen atoms in total. The Labute approximate surface area is 133 Å². The zero-order valence-electron chi connectivity index (χ0n) is 11.4. The van der Waals surface area contributed by atoms with Crippen LogP contribution in [0.2, 0.25) is 5.02 Å². The standard InChI is InChI=1S/C16H19BrClNO/c17-14-9-12(5-6-15(14)18)16(20)19-8-7-11-3-1-2-4-13(11)10-19/h5-6,9,11,13H,1-4,7-8,10H2. The number of benzene rings is 1. The van der Waals surface area contributed by atoms with E-state index in [9.17, 15) is 4.79 Å². The lowest BCUT2D eigenvalue weighted by Gasteiger charge is -2.41. The van der Waals surface area contributed by atoms with Crippen molar-refractivity contribution in [2.24, 2.45) is 11.8 Å². The zero-order chi connectivity index (χ0) is 14.1. The summed E-state index contributed by atoms with van der Waals surface area (Å²) >= 11 is 9.38. The molecule has 0 aromatic heterocycles. The highest BCUT2D eigenvalue weighted by molar-refractivity contribution is 9.10. The highest BCUT2D eigenvalue weighted by atomic mass is 79.9. The van der Waals surface area contributed by atoms with Crippen LogP contribution in [0.3, 0.4) is 0 Å². The van der Waals surface area contributed by atoms with E-state index in [2.05, 4.69) is 15.9 Å². The van der Waals surface area contributed by atoms with E-state index < -0.39 is 0 Å². The van der Waals surface area contributed by atoms with Crippen LogP contribution in [-0.4, -0.2) is 23.9 Å². The van der Waals surface area contributed by atoms with Crippen molar-refractivity contribution in [2.75, 3.05) is 13.1 Å². The molecule has 108 valence electrons. The fourth-order valence-electron chi connectivity index (χ4n) is 3.60. The fraction of sp³-hybridized carbons (Fsp3) is 0.562. The minimum Gasteiger partial charge on any atom is -0.338 e. The van der Waals surface area contributed by atoms with Gasteiger partial charge in [-0.05, 0) is 58.8 Å². The van der Waals surface area contributed by atoms with E-state index in [1.807, 2.05) is 17.0 Å². The Kier molecular flexibility index (Phi) is 4.37. The van der Waals surface area contributed by atoms with Crippen molar-refractivity contribution >= 4 is 33.4 Å². The van der Waals surface area contributed by atoms with Gasteiger partial charge in [0.15, 0.2) is 0 Å². The van der Waals surface area contributed by atoms with Crippen molar-refractivity contribution in [3.05, 3.63) is 33.3 Å². The molecular formula is C16H19BrClNO. The van der Waals surface area contributed by atoms with Crippen LogP contribution in [0.25, 0.3) is 0 Å². The molecule has 2 aliphatic rings. The lowest BCUT2D eigenvalue weighted by Crippen LogP contribution is -2.44. The lowest BCUT2D eigenvalue weighted by atomic mass is 9.75. The van der Waals surface area contributed by atoms with Crippen LogP contribution in [-0.2, 0) is 0 Å². The van der Waals surface area contributed by atoms with Crippen LogP contribution in [0.1, 0.15) is 42.5 Å². The number of piperidine rings is 1. The summed E-state index contributed by atoms with van der Waals surface area (Å²) in [5.74, 6) is 1.72. The fourth-order valence-corrected chi connectivity index (χ4v) is 4.09. The predicted molar refractivity (Wildman–Crippen MR) is 85.1 cm³/mol. The first-order chi connectivity index (χ1) is 9.65. The molecule has 1 heterocycles. The van der Waals surface area contributed by atoms with Crippen LogP contribution in [0.5, 0.6) is 0 Å². The molecule has 1 aliphatic carbocycles. The second-order valence-electron chi connectivity index (χ2n) is 5.97. The maximum atomic E-state index is 12.6. The Morgan fingerprint density at radius 1 is 1.20 bits per heavy atom. The summed E-state index contributed by atoms with van der Waals surface area (Å²) < 4.78 is 0.789. The molecule has 1 aromatic rings. The van der Waals surface area contributed by atoms with Crippen molar-refractivity contribution in [2.45, 2.75) is 32.1 Å².